The highest BCUT2D eigenvalue weighted by Crippen LogP contribution is 2.29. The molecule has 2 rings (SSSR count). The second-order valence-electron chi connectivity index (χ2n) is 4.15. The Bertz CT molecular complexity index is 336. The van der Waals surface area contributed by atoms with Gasteiger partial charge in [-0.1, -0.05) is 18.2 Å². The molecule has 1 fully saturated rings. The first-order valence-corrected chi connectivity index (χ1v) is 5.93. The first-order valence-electron chi connectivity index (χ1n) is 5.93. The Morgan fingerprint density at radius 3 is 2.81 bits per heavy atom. The van der Waals surface area contributed by atoms with Crippen molar-refractivity contribution in [3.8, 4) is 5.75 Å². The summed E-state index contributed by atoms with van der Waals surface area (Å²) in [5, 5.41) is 12.9. The molecule has 0 saturated heterocycles. The quantitative estimate of drug-likeness (QED) is 0.770. The molecule has 0 amide bonds. The zero-order chi connectivity index (χ0) is 11.4. The molecule has 1 aromatic rings. The summed E-state index contributed by atoms with van der Waals surface area (Å²) in [5.74, 6) is 0.872. The van der Waals surface area contributed by atoms with Crippen LogP contribution < -0.4 is 10.1 Å². The molecule has 3 nitrogen and oxygen atoms in total. The summed E-state index contributed by atoms with van der Waals surface area (Å²) >= 11 is 0. The van der Waals surface area contributed by atoms with Gasteiger partial charge in [-0.3, -0.25) is 0 Å². The average molecular weight is 221 g/mol. The molecule has 2 N–H and O–H groups in total. The van der Waals surface area contributed by atoms with Gasteiger partial charge in [0, 0.05) is 11.6 Å². The van der Waals surface area contributed by atoms with Crippen molar-refractivity contribution in [3.63, 3.8) is 0 Å². The van der Waals surface area contributed by atoms with Gasteiger partial charge in [-0.15, -0.1) is 0 Å². The summed E-state index contributed by atoms with van der Waals surface area (Å²) in [7, 11) is 0. The second kappa shape index (κ2) is 5.32. The minimum Gasteiger partial charge on any atom is -0.494 e. The van der Waals surface area contributed by atoms with E-state index in [0.717, 1.165) is 11.3 Å². The van der Waals surface area contributed by atoms with Gasteiger partial charge in [0.2, 0.25) is 0 Å². The molecule has 1 atom stereocenters. The number of aliphatic hydroxyl groups is 1. The fourth-order valence-electron chi connectivity index (χ4n) is 1.83. The lowest BCUT2D eigenvalue weighted by molar-refractivity contribution is 0.237. The Balaban J connectivity index is 2.14. The molecule has 1 aliphatic rings. The van der Waals surface area contributed by atoms with Crippen LogP contribution >= 0.6 is 0 Å². The van der Waals surface area contributed by atoms with Crippen LogP contribution in [0.3, 0.4) is 0 Å². The van der Waals surface area contributed by atoms with Crippen molar-refractivity contribution in [1.29, 1.82) is 0 Å². The molecule has 0 spiro atoms. The number of aliphatic hydroxyl groups excluding tert-OH is 1. The highest BCUT2D eigenvalue weighted by molar-refractivity contribution is 5.36. The molecule has 0 bridgehead atoms. The molecule has 0 aromatic heterocycles. The third-order valence-corrected chi connectivity index (χ3v) is 2.79. The maximum atomic E-state index is 9.43. The van der Waals surface area contributed by atoms with Crippen molar-refractivity contribution < 1.29 is 9.84 Å². The average Bonchev–Trinajstić information content (AvgIpc) is 3.11. The SMILES string of the molecule is CCOc1ccccc1C(CO)NC1CC1. The lowest BCUT2D eigenvalue weighted by Crippen LogP contribution is -2.26. The van der Waals surface area contributed by atoms with E-state index >= 15 is 0 Å². The van der Waals surface area contributed by atoms with Crippen molar-refractivity contribution in [2.45, 2.75) is 31.8 Å². The van der Waals surface area contributed by atoms with Crippen LogP contribution in [0.1, 0.15) is 31.4 Å². The number of rotatable bonds is 6. The number of ether oxygens (including phenoxy) is 1. The fraction of sp³-hybridized carbons (Fsp3) is 0.538. The number of hydrogen-bond donors (Lipinski definition) is 2. The van der Waals surface area contributed by atoms with E-state index in [9.17, 15) is 5.11 Å². The topological polar surface area (TPSA) is 41.5 Å². The van der Waals surface area contributed by atoms with Crippen molar-refractivity contribution in [1.82, 2.24) is 5.32 Å². The second-order valence-corrected chi connectivity index (χ2v) is 4.15. The van der Waals surface area contributed by atoms with E-state index in [4.69, 9.17) is 4.74 Å². The van der Waals surface area contributed by atoms with Gasteiger partial charge in [0.25, 0.3) is 0 Å². The van der Waals surface area contributed by atoms with Crippen LogP contribution in [0.2, 0.25) is 0 Å². The summed E-state index contributed by atoms with van der Waals surface area (Å²) < 4.78 is 5.57. The third kappa shape index (κ3) is 2.74. The van der Waals surface area contributed by atoms with Crippen LogP contribution in [0.25, 0.3) is 0 Å². The van der Waals surface area contributed by atoms with Crippen molar-refractivity contribution in [2.24, 2.45) is 0 Å². The molecular weight excluding hydrogens is 202 g/mol. The van der Waals surface area contributed by atoms with Crippen LogP contribution in [-0.2, 0) is 0 Å². The minimum atomic E-state index is -0.00440. The van der Waals surface area contributed by atoms with Gasteiger partial charge in [-0.25, -0.2) is 0 Å². The van der Waals surface area contributed by atoms with E-state index in [2.05, 4.69) is 5.32 Å². The summed E-state index contributed by atoms with van der Waals surface area (Å²) in [6.07, 6.45) is 2.43. The van der Waals surface area contributed by atoms with Crippen molar-refractivity contribution >= 4 is 0 Å². The van der Waals surface area contributed by atoms with E-state index in [0.29, 0.717) is 12.6 Å². The molecule has 1 saturated carbocycles. The number of benzene rings is 1. The van der Waals surface area contributed by atoms with Gasteiger partial charge in [0.15, 0.2) is 0 Å². The lowest BCUT2D eigenvalue weighted by atomic mass is 10.1. The summed E-state index contributed by atoms with van der Waals surface area (Å²) in [5.41, 5.74) is 1.05. The van der Waals surface area contributed by atoms with Crippen molar-refractivity contribution in [3.05, 3.63) is 29.8 Å². The van der Waals surface area contributed by atoms with E-state index in [1.807, 2.05) is 31.2 Å². The van der Waals surface area contributed by atoms with Gasteiger partial charge in [-0.05, 0) is 25.8 Å². The summed E-state index contributed by atoms with van der Waals surface area (Å²) in [6, 6.07) is 8.48. The van der Waals surface area contributed by atoms with Gasteiger partial charge < -0.3 is 15.2 Å². The molecular formula is C13H19NO2. The van der Waals surface area contributed by atoms with Crippen LogP contribution in [0, 0.1) is 0 Å². The predicted octanol–water partition coefficient (Wildman–Crippen LogP) is 1.87. The first-order chi connectivity index (χ1) is 7.85. The van der Waals surface area contributed by atoms with E-state index in [1.54, 1.807) is 0 Å². The summed E-state index contributed by atoms with van der Waals surface area (Å²) in [4.78, 5) is 0. The fourth-order valence-corrected chi connectivity index (χ4v) is 1.83. The Kier molecular flexibility index (Phi) is 3.80. The highest BCUT2D eigenvalue weighted by Gasteiger charge is 2.26. The molecule has 1 aliphatic carbocycles. The number of para-hydroxylation sites is 1. The van der Waals surface area contributed by atoms with Crippen LogP contribution in [-0.4, -0.2) is 24.4 Å². The van der Waals surface area contributed by atoms with E-state index in [1.165, 1.54) is 12.8 Å². The zero-order valence-corrected chi connectivity index (χ0v) is 9.65. The Labute approximate surface area is 96.4 Å². The van der Waals surface area contributed by atoms with Crippen LogP contribution in [0.4, 0.5) is 0 Å². The molecule has 0 aliphatic heterocycles. The maximum Gasteiger partial charge on any atom is 0.124 e. The third-order valence-electron chi connectivity index (χ3n) is 2.79. The zero-order valence-electron chi connectivity index (χ0n) is 9.65. The summed E-state index contributed by atoms with van der Waals surface area (Å²) in [6.45, 7) is 2.73. The molecule has 0 heterocycles. The van der Waals surface area contributed by atoms with Gasteiger partial charge in [0.1, 0.15) is 5.75 Å². The molecule has 3 heteroatoms. The monoisotopic (exact) mass is 221 g/mol. The van der Waals surface area contributed by atoms with Crippen LogP contribution in [0.15, 0.2) is 24.3 Å². The van der Waals surface area contributed by atoms with Gasteiger partial charge >= 0.3 is 0 Å². The van der Waals surface area contributed by atoms with E-state index in [-0.39, 0.29) is 12.6 Å². The lowest BCUT2D eigenvalue weighted by Gasteiger charge is -2.19. The highest BCUT2D eigenvalue weighted by atomic mass is 16.5. The van der Waals surface area contributed by atoms with Crippen molar-refractivity contribution in [2.75, 3.05) is 13.2 Å². The molecule has 88 valence electrons. The predicted molar refractivity (Wildman–Crippen MR) is 63.6 cm³/mol. The molecule has 1 unspecified atom stereocenters. The largest absolute Gasteiger partial charge is 0.494 e. The molecule has 1 aromatic carbocycles. The van der Waals surface area contributed by atoms with Gasteiger partial charge in [-0.2, -0.15) is 0 Å². The molecule has 0 radical (unpaired) electrons. The normalized spacial score (nSPS) is 17.1. The Morgan fingerprint density at radius 1 is 1.44 bits per heavy atom. The Morgan fingerprint density at radius 2 is 2.19 bits per heavy atom. The standard InChI is InChI=1S/C13H19NO2/c1-2-16-13-6-4-3-5-11(13)12(9-15)14-10-7-8-10/h3-6,10,12,14-15H,2,7-9H2,1H3. The molecule has 16 heavy (non-hydrogen) atoms. The van der Waals surface area contributed by atoms with Crippen LogP contribution in [0.5, 0.6) is 5.75 Å². The number of nitrogens with one attached hydrogen (secondary N) is 1. The smallest absolute Gasteiger partial charge is 0.124 e. The number of hydrogen-bond acceptors (Lipinski definition) is 3. The first kappa shape index (κ1) is 11.4. The minimum absolute atomic E-state index is 0.00440. The maximum absolute atomic E-state index is 9.43. The van der Waals surface area contributed by atoms with Gasteiger partial charge in [0.05, 0.1) is 19.3 Å². The van der Waals surface area contributed by atoms with E-state index < -0.39 is 0 Å². The Hall–Kier alpha value is -1.06.